The van der Waals surface area contributed by atoms with Gasteiger partial charge in [0.2, 0.25) is 5.91 Å². The quantitative estimate of drug-likeness (QED) is 0.731. The maximum Gasteiger partial charge on any atom is 0.420 e. The lowest BCUT2D eigenvalue weighted by Gasteiger charge is -2.22. The minimum Gasteiger partial charge on any atom is -0.408 e. The number of nitrogens with zero attached hydrogens (tertiary/aromatic N) is 2. The normalized spacial score (nSPS) is 16.7. The number of anilines is 1. The Hall–Kier alpha value is -2.82. The van der Waals surface area contributed by atoms with Gasteiger partial charge in [0.25, 0.3) is 0 Å². The molecule has 1 atom stereocenters. The zero-order valence-corrected chi connectivity index (χ0v) is 12.7. The molecule has 1 amide bonds. The molecule has 0 saturated heterocycles. The molecule has 1 aliphatic heterocycles. The highest BCUT2D eigenvalue weighted by molar-refractivity contribution is 5.96. The monoisotopic (exact) mass is 308 g/mol. The van der Waals surface area contributed by atoms with E-state index in [2.05, 4.69) is 0 Å². The molecule has 116 valence electrons. The van der Waals surface area contributed by atoms with Crippen LogP contribution in [-0.2, 0) is 17.8 Å². The Morgan fingerprint density at radius 3 is 2.78 bits per heavy atom. The molecular weight excluding hydrogens is 292 g/mol. The summed E-state index contributed by atoms with van der Waals surface area (Å²) in [5, 5.41) is 0. The fourth-order valence-corrected chi connectivity index (χ4v) is 3.32. The summed E-state index contributed by atoms with van der Waals surface area (Å²) in [6.07, 6.45) is 0.836. The topological polar surface area (TPSA) is 55.5 Å². The summed E-state index contributed by atoms with van der Waals surface area (Å²) in [7, 11) is 0. The van der Waals surface area contributed by atoms with E-state index in [0.29, 0.717) is 11.1 Å². The van der Waals surface area contributed by atoms with Crippen LogP contribution in [0.2, 0.25) is 0 Å². The maximum atomic E-state index is 12.8. The summed E-state index contributed by atoms with van der Waals surface area (Å²) in [5.41, 5.74) is 3.25. The van der Waals surface area contributed by atoms with Crippen molar-refractivity contribution < 1.29 is 9.21 Å². The van der Waals surface area contributed by atoms with Gasteiger partial charge in [-0.3, -0.25) is 9.36 Å². The fraction of sp³-hybridized carbons (Fsp3) is 0.222. The van der Waals surface area contributed by atoms with Crippen LogP contribution < -0.4 is 10.7 Å². The van der Waals surface area contributed by atoms with Gasteiger partial charge in [-0.25, -0.2) is 4.79 Å². The number of hydrogen-bond donors (Lipinski definition) is 0. The molecule has 0 bridgehead atoms. The highest BCUT2D eigenvalue weighted by atomic mass is 16.4. The second-order valence-electron chi connectivity index (χ2n) is 5.87. The van der Waals surface area contributed by atoms with Crippen molar-refractivity contribution in [3.8, 4) is 0 Å². The van der Waals surface area contributed by atoms with E-state index in [4.69, 9.17) is 4.42 Å². The number of carbonyl (C=O) groups is 1. The Kier molecular flexibility index (Phi) is 3.08. The molecule has 23 heavy (non-hydrogen) atoms. The summed E-state index contributed by atoms with van der Waals surface area (Å²) < 4.78 is 6.59. The minimum absolute atomic E-state index is 0.0193. The summed E-state index contributed by atoms with van der Waals surface area (Å²) in [6, 6.07) is 15.1. The standard InChI is InChI=1S/C18H16N2O3/c1-12-10-13-6-2-3-7-14(13)20(12)17(21)11-19-15-8-4-5-9-16(15)23-18(19)22/h2-9,12H,10-11H2,1H3/t12-/m1/s1. The zero-order chi connectivity index (χ0) is 16.0. The van der Waals surface area contributed by atoms with Crippen LogP contribution in [0, 0.1) is 0 Å². The Bertz CT molecular complexity index is 954. The van der Waals surface area contributed by atoms with Crippen molar-refractivity contribution in [1.82, 2.24) is 4.57 Å². The summed E-state index contributed by atoms with van der Waals surface area (Å²) in [6.45, 7) is 2.00. The van der Waals surface area contributed by atoms with Gasteiger partial charge in [-0.1, -0.05) is 30.3 Å². The van der Waals surface area contributed by atoms with E-state index in [9.17, 15) is 9.59 Å². The van der Waals surface area contributed by atoms with Crippen molar-refractivity contribution >= 4 is 22.7 Å². The summed E-state index contributed by atoms with van der Waals surface area (Å²) >= 11 is 0. The molecule has 3 aromatic rings. The lowest BCUT2D eigenvalue weighted by Crippen LogP contribution is -2.39. The molecule has 0 spiro atoms. The first-order valence-corrected chi connectivity index (χ1v) is 7.63. The number of oxazole rings is 1. The first kappa shape index (κ1) is 13.8. The largest absolute Gasteiger partial charge is 0.420 e. The van der Waals surface area contributed by atoms with Crippen molar-refractivity contribution in [3.63, 3.8) is 0 Å². The SMILES string of the molecule is C[C@@H]1Cc2ccccc2N1C(=O)Cn1c(=O)oc2ccccc21. The second kappa shape index (κ2) is 5.12. The number of hydrogen-bond acceptors (Lipinski definition) is 3. The smallest absolute Gasteiger partial charge is 0.408 e. The number of para-hydroxylation sites is 3. The van der Waals surface area contributed by atoms with E-state index in [0.717, 1.165) is 17.7 Å². The van der Waals surface area contributed by atoms with Gasteiger partial charge in [0, 0.05) is 11.7 Å². The van der Waals surface area contributed by atoms with Crippen LogP contribution >= 0.6 is 0 Å². The van der Waals surface area contributed by atoms with Gasteiger partial charge in [-0.05, 0) is 37.1 Å². The van der Waals surface area contributed by atoms with Crippen LogP contribution in [0.25, 0.3) is 11.1 Å². The minimum atomic E-state index is -0.500. The van der Waals surface area contributed by atoms with Crippen molar-refractivity contribution in [3.05, 3.63) is 64.6 Å². The molecule has 5 nitrogen and oxygen atoms in total. The van der Waals surface area contributed by atoms with Gasteiger partial charge in [0.15, 0.2) is 5.58 Å². The summed E-state index contributed by atoms with van der Waals surface area (Å²) in [4.78, 5) is 26.6. The van der Waals surface area contributed by atoms with Crippen molar-refractivity contribution in [2.45, 2.75) is 25.9 Å². The molecule has 1 aliphatic rings. The third-order valence-corrected chi connectivity index (χ3v) is 4.34. The van der Waals surface area contributed by atoms with Gasteiger partial charge < -0.3 is 9.32 Å². The molecule has 0 unspecified atom stereocenters. The van der Waals surface area contributed by atoms with Crippen LogP contribution in [-0.4, -0.2) is 16.5 Å². The molecule has 0 radical (unpaired) electrons. The molecule has 1 aromatic heterocycles. The number of rotatable bonds is 2. The van der Waals surface area contributed by atoms with E-state index >= 15 is 0 Å². The molecular formula is C18H16N2O3. The lowest BCUT2D eigenvalue weighted by molar-refractivity contribution is -0.119. The number of fused-ring (bicyclic) bond motifs is 2. The van der Waals surface area contributed by atoms with E-state index in [1.807, 2.05) is 37.3 Å². The van der Waals surface area contributed by atoms with Crippen molar-refractivity contribution in [2.24, 2.45) is 0 Å². The molecule has 0 saturated carbocycles. The van der Waals surface area contributed by atoms with Gasteiger partial charge in [0.1, 0.15) is 6.54 Å². The fourth-order valence-electron chi connectivity index (χ4n) is 3.32. The molecule has 2 heterocycles. The van der Waals surface area contributed by atoms with E-state index < -0.39 is 5.76 Å². The van der Waals surface area contributed by atoms with Gasteiger partial charge in [-0.2, -0.15) is 0 Å². The third kappa shape index (κ3) is 2.16. The molecule has 0 N–H and O–H groups in total. The first-order chi connectivity index (χ1) is 11.1. The van der Waals surface area contributed by atoms with Gasteiger partial charge >= 0.3 is 5.76 Å². The van der Waals surface area contributed by atoms with E-state index in [-0.39, 0.29) is 18.5 Å². The van der Waals surface area contributed by atoms with Crippen LogP contribution in [0.3, 0.4) is 0 Å². The Labute approximate surface area is 132 Å². The average molecular weight is 308 g/mol. The number of benzene rings is 2. The average Bonchev–Trinajstić information content (AvgIpc) is 3.04. The van der Waals surface area contributed by atoms with E-state index in [1.165, 1.54) is 4.57 Å². The van der Waals surface area contributed by atoms with Crippen LogP contribution in [0.1, 0.15) is 12.5 Å². The number of carbonyl (C=O) groups excluding carboxylic acids is 1. The molecule has 0 fully saturated rings. The van der Waals surface area contributed by atoms with Gasteiger partial charge in [-0.15, -0.1) is 0 Å². The molecule has 5 heteroatoms. The molecule has 0 aliphatic carbocycles. The van der Waals surface area contributed by atoms with E-state index in [1.54, 1.807) is 23.1 Å². The number of aromatic nitrogens is 1. The Balaban J connectivity index is 1.70. The second-order valence-corrected chi connectivity index (χ2v) is 5.87. The lowest BCUT2D eigenvalue weighted by atomic mass is 10.1. The molecule has 2 aromatic carbocycles. The van der Waals surface area contributed by atoms with Crippen LogP contribution in [0.15, 0.2) is 57.7 Å². The predicted octanol–water partition coefficient (Wildman–Crippen LogP) is 2.57. The zero-order valence-electron chi connectivity index (χ0n) is 12.7. The Morgan fingerprint density at radius 2 is 1.91 bits per heavy atom. The Morgan fingerprint density at radius 1 is 1.17 bits per heavy atom. The van der Waals surface area contributed by atoms with Crippen LogP contribution in [0.5, 0.6) is 0 Å². The third-order valence-electron chi connectivity index (χ3n) is 4.34. The van der Waals surface area contributed by atoms with Gasteiger partial charge in [0.05, 0.1) is 5.52 Å². The van der Waals surface area contributed by atoms with Crippen molar-refractivity contribution in [1.29, 1.82) is 0 Å². The highest BCUT2D eigenvalue weighted by Crippen LogP contribution is 2.32. The summed E-state index contributed by atoms with van der Waals surface area (Å²) in [5.74, 6) is -0.601. The van der Waals surface area contributed by atoms with Crippen LogP contribution in [0.4, 0.5) is 5.69 Å². The first-order valence-electron chi connectivity index (χ1n) is 7.63. The molecule has 4 rings (SSSR count). The number of amides is 1. The predicted molar refractivity (Wildman–Crippen MR) is 87.6 cm³/mol. The maximum absolute atomic E-state index is 12.8. The highest BCUT2D eigenvalue weighted by Gasteiger charge is 2.31. The van der Waals surface area contributed by atoms with Crippen molar-refractivity contribution in [2.75, 3.05) is 4.90 Å².